The van der Waals surface area contributed by atoms with Crippen LogP contribution in [0.4, 0.5) is 0 Å². The Bertz CT molecular complexity index is 167. The van der Waals surface area contributed by atoms with Gasteiger partial charge in [-0.25, -0.2) is 0 Å². The van der Waals surface area contributed by atoms with Crippen LogP contribution in [0.25, 0.3) is 0 Å². The van der Waals surface area contributed by atoms with Gasteiger partial charge in [0.2, 0.25) is 0 Å². The molecule has 1 atom stereocenters. The van der Waals surface area contributed by atoms with E-state index in [9.17, 15) is 0 Å². The molecule has 0 heterocycles. The summed E-state index contributed by atoms with van der Waals surface area (Å²) in [4.78, 5) is 2.50. The molecule has 0 aromatic heterocycles. The molecule has 1 rings (SSSR count). The van der Waals surface area contributed by atoms with Crippen molar-refractivity contribution in [3.8, 4) is 0 Å². The summed E-state index contributed by atoms with van der Waals surface area (Å²) < 4.78 is 0. The first-order valence-corrected chi connectivity index (χ1v) is 7.95. The molecule has 0 aromatic carbocycles. The van der Waals surface area contributed by atoms with E-state index in [1.54, 1.807) is 0 Å². The predicted molar refractivity (Wildman–Crippen MR) is 75.3 cm³/mol. The molecule has 1 aliphatic rings. The molecule has 0 aromatic rings. The number of rotatable bonds is 10. The Kier molecular flexibility index (Phi) is 7.50. The standard InChI is InChI=1S/C13H28N2S/c1-4-15(5-2)8-9-16-11-12(3)10-14-13-6-7-13/h12-14H,4-11H2,1-3H3. The third kappa shape index (κ3) is 6.77. The fourth-order valence-corrected chi connectivity index (χ4v) is 2.81. The lowest BCUT2D eigenvalue weighted by molar-refractivity contribution is 0.324. The lowest BCUT2D eigenvalue weighted by Crippen LogP contribution is -2.26. The van der Waals surface area contributed by atoms with E-state index in [1.165, 1.54) is 50.5 Å². The summed E-state index contributed by atoms with van der Waals surface area (Å²) in [6.45, 7) is 11.7. The minimum atomic E-state index is 0.822. The minimum absolute atomic E-state index is 0.822. The third-order valence-electron chi connectivity index (χ3n) is 3.18. The molecule has 1 unspecified atom stereocenters. The normalized spacial score (nSPS) is 18.0. The van der Waals surface area contributed by atoms with Crippen molar-refractivity contribution >= 4 is 11.8 Å². The zero-order valence-corrected chi connectivity index (χ0v) is 12.0. The van der Waals surface area contributed by atoms with Crippen molar-refractivity contribution in [3.05, 3.63) is 0 Å². The Hall–Kier alpha value is 0.270. The van der Waals surface area contributed by atoms with Crippen molar-refractivity contribution < 1.29 is 0 Å². The van der Waals surface area contributed by atoms with Crippen LogP contribution in [0.2, 0.25) is 0 Å². The zero-order chi connectivity index (χ0) is 11.8. The second-order valence-corrected chi connectivity index (χ2v) is 6.04. The fraction of sp³-hybridized carbons (Fsp3) is 1.00. The lowest BCUT2D eigenvalue weighted by Gasteiger charge is -2.18. The Balaban J connectivity index is 1.88. The van der Waals surface area contributed by atoms with E-state index in [1.807, 2.05) is 0 Å². The molecule has 1 N–H and O–H groups in total. The smallest absolute Gasteiger partial charge is 0.00721 e. The van der Waals surface area contributed by atoms with Crippen LogP contribution in [0.3, 0.4) is 0 Å². The van der Waals surface area contributed by atoms with E-state index in [4.69, 9.17) is 0 Å². The fourth-order valence-electron chi connectivity index (χ4n) is 1.73. The summed E-state index contributed by atoms with van der Waals surface area (Å²) in [5.41, 5.74) is 0. The summed E-state index contributed by atoms with van der Waals surface area (Å²) in [5.74, 6) is 3.42. The first-order valence-electron chi connectivity index (χ1n) is 6.79. The van der Waals surface area contributed by atoms with Gasteiger partial charge in [-0.15, -0.1) is 0 Å². The van der Waals surface area contributed by atoms with E-state index in [2.05, 4.69) is 42.7 Å². The molecule has 2 nitrogen and oxygen atoms in total. The summed E-state index contributed by atoms with van der Waals surface area (Å²) in [5, 5.41) is 3.60. The Morgan fingerprint density at radius 2 is 2.00 bits per heavy atom. The summed E-state index contributed by atoms with van der Waals surface area (Å²) >= 11 is 2.11. The summed E-state index contributed by atoms with van der Waals surface area (Å²) in [6, 6.07) is 0.864. The predicted octanol–water partition coefficient (Wildman–Crippen LogP) is 2.45. The second-order valence-electron chi connectivity index (χ2n) is 4.89. The first kappa shape index (κ1) is 14.3. The van der Waals surface area contributed by atoms with E-state index >= 15 is 0 Å². The monoisotopic (exact) mass is 244 g/mol. The molecule has 16 heavy (non-hydrogen) atoms. The first-order chi connectivity index (χ1) is 7.76. The van der Waals surface area contributed by atoms with Crippen LogP contribution in [0.1, 0.15) is 33.6 Å². The highest BCUT2D eigenvalue weighted by Gasteiger charge is 2.20. The molecule has 0 bridgehead atoms. The van der Waals surface area contributed by atoms with Crippen LogP contribution >= 0.6 is 11.8 Å². The Morgan fingerprint density at radius 1 is 1.31 bits per heavy atom. The number of hydrogen-bond donors (Lipinski definition) is 1. The molecule has 1 saturated carbocycles. The molecule has 0 amide bonds. The molecule has 1 fully saturated rings. The van der Waals surface area contributed by atoms with Crippen molar-refractivity contribution in [1.82, 2.24) is 10.2 Å². The van der Waals surface area contributed by atoms with Gasteiger partial charge in [-0.3, -0.25) is 0 Å². The molecular weight excluding hydrogens is 216 g/mol. The second kappa shape index (κ2) is 8.37. The molecule has 1 aliphatic carbocycles. The van der Waals surface area contributed by atoms with Gasteiger partial charge in [0.25, 0.3) is 0 Å². The van der Waals surface area contributed by atoms with Crippen LogP contribution in [-0.2, 0) is 0 Å². The molecule has 0 radical (unpaired) electrons. The minimum Gasteiger partial charge on any atom is -0.314 e. The largest absolute Gasteiger partial charge is 0.314 e. The van der Waals surface area contributed by atoms with E-state index < -0.39 is 0 Å². The van der Waals surface area contributed by atoms with Gasteiger partial charge in [0.05, 0.1) is 0 Å². The lowest BCUT2D eigenvalue weighted by atomic mass is 10.2. The van der Waals surface area contributed by atoms with E-state index in [0.29, 0.717) is 0 Å². The van der Waals surface area contributed by atoms with Crippen LogP contribution in [0.5, 0.6) is 0 Å². The molecule has 3 heteroatoms. The van der Waals surface area contributed by atoms with Crippen LogP contribution in [-0.4, -0.2) is 48.6 Å². The van der Waals surface area contributed by atoms with Crippen molar-refractivity contribution in [2.45, 2.75) is 39.7 Å². The van der Waals surface area contributed by atoms with E-state index in [0.717, 1.165) is 12.0 Å². The average Bonchev–Trinajstić information content (AvgIpc) is 3.10. The summed E-state index contributed by atoms with van der Waals surface area (Å²) in [7, 11) is 0. The van der Waals surface area contributed by atoms with Gasteiger partial charge >= 0.3 is 0 Å². The highest BCUT2D eigenvalue weighted by Crippen LogP contribution is 2.19. The average molecular weight is 244 g/mol. The molecule has 96 valence electrons. The van der Waals surface area contributed by atoms with Gasteiger partial charge in [0.15, 0.2) is 0 Å². The molecular formula is C13H28N2S. The highest BCUT2D eigenvalue weighted by atomic mass is 32.2. The van der Waals surface area contributed by atoms with Crippen molar-refractivity contribution in [3.63, 3.8) is 0 Å². The van der Waals surface area contributed by atoms with Gasteiger partial charge in [-0.2, -0.15) is 11.8 Å². The maximum Gasteiger partial charge on any atom is 0.00721 e. The van der Waals surface area contributed by atoms with Gasteiger partial charge in [0.1, 0.15) is 0 Å². The molecule has 0 spiro atoms. The van der Waals surface area contributed by atoms with Crippen molar-refractivity contribution in [2.24, 2.45) is 5.92 Å². The van der Waals surface area contributed by atoms with E-state index in [-0.39, 0.29) is 0 Å². The van der Waals surface area contributed by atoms with Crippen LogP contribution in [0, 0.1) is 5.92 Å². The maximum atomic E-state index is 3.60. The topological polar surface area (TPSA) is 15.3 Å². The van der Waals surface area contributed by atoms with Crippen LogP contribution < -0.4 is 5.32 Å². The van der Waals surface area contributed by atoms with Crippen molar-refractivity contribution in [2.75, 3.05) is 37.7 Å². The summed E-state index contributed by atoms with van der Waals surface area (Å²) in [6.07, 6.45) is 2.81. The van der Waals surface area contributed by atoms with Gasteiger partial charge in [-0.1, -0.05) is 20.8 Å². The zero-order valence-electron chi connectivity index (χ0n) is 11.2. The number of thioether (sulfide) groups is 1. The van der Waals surface area contributed by atoms with Gasteiger partial charge < -0.3 is 10.2 Å². The third-order valence-corrected chi connectivity index (χ3v) is 4.46. The maximum absolute atomic E-state index is 3.60. The van der Waals surface area contributed by atoms with Crippen molar-refractivity contribution in [1.29, 1.82) is 0 Å². The Morgan fingerprint density at radius 3 is 2.56 bits per heavy atom. The highest BCUT2D eigenvalue weighted by molar-refractivity contribution is 7.99. The SMILES string of the molecule is CCN(CC)CCSCC(C)CNC1CC1. The van der Waals surface area contributed by atoms with Crippen LogP contribution in [0.15, 0.2) is 0 Å². The molecule has 0 aliphatic heterocycles. The number of nitrogens with one attached hydrogen (secondary N) is 1. The number of hydrogen-bond acceptors (Lipinski definition) is 3. The molecule has 0 saturated heterocycles. The Labute approximate surface area is 106 Å². The quantitative estimate of drug-likeness (QED) is 0.594. The van der Waals surface area contributed by atoms with Gasteiger partial charge in [0, 0.05) is 18.3 Å². The number of nitrogens with zero attached hydrogens (tertiary/aromatic N) is 1. The van der Waals surface area contributed by atoms with Gasteiger partial charge in [-0.05, 0) is 44.1 Å².